The van der Waals surface area contributed by atoms with Gasteiger partial charge in [-0.25, -0.2) is 4.57 Å². The summed E-state index contributed by atoms with van der Waals surface area (Å²) in [5.74, 6) is 0. The summed E-state index contributed by atoms with van der Waals surface area (Å²) in [6, 6.07) is 0. The van der Waals surface area contributed by atoms with E-state index >= 15 is 0 Å². The van der Waals surface area contributed by atoms with Crippen LogP contribution in [0, 0.1) is 0 Å². The summed E-state index contributed by atoms with van der Waals surface area (Å²) in [6.07, 6.45) is 0. The van der Waals surface area contributed by atoms with Crippen molar-refractivity contribution < 1.29 is 28.0 Å². The largest absolute Gasteiger partial charge is 0.471 e. The lowest BCUT2D eigenvalue weighted by molar-refractivity contribution is 0.0465. The standard InChI is InChI=1S/C6H15O6P/c1-9-3-4-11-5-6-12-13(7,8)10-2/h3-6H2,1-2H3,(H,7,8). The summed E-state index contributed by atoms with van der Waals surface area (Å²) in [5, 5.41) is 0. The van der Waals surface area contributed by atoms with Crippen LogP contribution in [0.2, 0.25) is 0 Å². The van der Waals surface area contributed by atoms with Crippen LogP contribution in [0.1, 0.15) is 0 Å². The highest BCUT2D eigenvalue weighted by molar-refractivity contribution is 7.47. The van der Waals surface area contributed by atoms with Crippen molar-refractivity contribution in [2.45, 2.75) is 0 Å². The molecule has 0 aromatic carbocycles. The fourth-order valence-corrected chi connectivity index (χ4v) is 0.919. The molecule has 13 heavy (non-hydrogen) atoms. The first-order valence-electron chi connectivity index (χ1n) is 3.72. The van der Waals surface area contributed by atoms with Crippen LogP contribution in [0.25, 0.3) is 0 Å². The molecule has 0 radical (unpaired) electrons. The van der Waals surface area contributed by atoms with Crippen molar-refractivity contribution >= 4 is 7.82 Å². The van der Waals surface area contributed by atoms with E-state index in [-0.39, 0.29) is 13.2 Å². The van der Waals surface area contributed by atoms with Gasteiger partial charge in [0.1, 0.15) is 0 Å². The molecule has 0 amide bonds. The summed E-state index contributed by atoms with van der Waals surface area (Å²) in [4.78, 5) is 8.76. The molecule has 6 nitrogen and oxygen atoms in total. The van der Waals surface area contributed by atoms with Crippen LogP contribution in [-0.2, 0) is 23.1 Å². The minimum atomic E-state index is -3.84. The Hall–Kier alpha value is 0.0300. The van der Waals surface area contributed by atoms with Crippen molar-refractivity contribution in [3.05, 3.63) is 0 Å². The molecule has 1 N–H and O–H groups in total. The van der Waals surface area contributed by atoms with Gasteiger partial charge in [-0.05, 0) is 0 Å². The van der Waals surface area contributed by atoms with Gasteiger partial charge in [-0.3, -0.25) is 9.05 Å². The number of rotatable bonds is 8. The third-order valence-electron chi connectivity index (χ3n) is 1.14. The van der Waals surface area contributed by atoms with Gasteiger partial charge in [0.2, 0.25) is 0 Å². The maximum absolute atomic E-state index is 10.7. The van der Waals surface area contributed by atoms with Crippen LogP contribution in [0.5, 0.6) is 0 Å². The topological polar surface area (TPSA) is 74.2 Å². The van der Waals surface area contributed by atoms with E-state index < -0.39 is 7.82 Å². The Morgan fingerprint density at radius 1 is 1.15 bits per heavy atom. The molecule has 0 heterocycles. The second kappa shape index (κ2) is 7.44. The van der Waals surface area contributed by atoms with E-state index in [0.717, 1.165) is 7.11 Å². The van der Waals surface area contributed by atoms with Crippen molar-refractivity contribution in [1.82, 2.24) is 0 Å². The molecule has 0 rings (SSSR count). The van der Waals surface area contributed by atoms with Crippen molar-refractivity contribution in [3.63, 3.8) is 0 Å². The molecule has 80 valence electrons. The molecule has 0 aliphatic heterocycles. The molecule has 0 fully saturated rings. The quantitative estimate of drug-likeness (QED) is 0.466. The van der Waals surface area contributed by atoms with E-state index in [1.165, 1.54) is 0 Å². The Bertz CT molecular complexity index is 161. The average Bonchev–Trinajstić information content (AvgIpc) is 2.11. The maximum atomic E-state index is 10.7. The van der Waals surface area contributed by atoms with Crippen molar-refractivity contribution in [2.24, 2.45) is 0 Å². The first-order chi connectivity index (χ1) is 6.12. The van der Waals surface area contributed by atoms with Gasteiger partial charge in [0.15, 0.2) is 0 Å². The second-order valence-corrected chi connectivity index (χ2v) is 3.65. The van der Waals surface area contributed by atoms with Crippen LogP contribution >= 0.6 is 7.82 Å². The lowest BCUT2D eigenvalue weighted by atomic mass is 10.7. The Morgan fingerprint density at radius 2 is 1.77 bits per heavy atom. The second-order valence-electron chi connectivity index (χ2n) is 2.09. The molecule has 1 atom stereocenters. The fraction of sp³-hybridized carbons (Fsp3) is 1.00. The molecule has 0 saturated heterocycles. The highest BCUT2D eigenvalue weighted by atomic mass is 31.2. The van der Waals surface area contributed by atoms with Gasteiger partial charge in [0.25, 0.3) is 0 Å². The van der Waals surface area contributed by atoms with E-state index in [1.807, 2.05) is 0 Å². The number of ether oxygens (including phenoxy) is 2. The first kappa shape index (κ1) is 13.0. The monoisotopic (exact) mass is 214 g/mol. The minimum absolute atomic E-state index is 0.0192. The molecule has 1 unspecified atom stereocenters. The zero-order valence-corrected chi connectivity index (χ0v) is 8.66. The zero-order chi connectivity index (χ0) is 10.2. The van der Waals surface area contributed by atoms with Gasteiger partial charge >= 0.3 is 7.82 Å². The first-order valence-corrected chi connectivity index (χ1v) is 5.21. The highest BCUT2D eigenvalue weighted by Gasteiger charge is 2.17. The summed E-state index contributed by atoms with van der Waals surface area (Å²) >= 11 is 0. The van der Waals surface area contributed by atoms with Crippen molar-refractivity contribution in [2.75, 3.05) is 40.6 Å². The molecular weight excluding hydrogens is 199 g/mol. The fourth-order valence-electron chi connectivity index (χ4n) is 0.509. The third-order valence-corrected chi connectivity index (χ3v) is 2.11. The van der Waals surface area contributed by atoms with Crippen LogP contribution in [0.15, 0.2) is 0 Å². The van der Waals surface area contributed by atoms with Crippen LogP contribution in [-0.4, -0.2) is 45.5 Å². The van der Waals surface area contributed by atoms with Crippen molar-refractivity contribution in [3.8, 4) is 0 Å². The van der Waals surface area contributed by atoms with Crippen molar-refractivity contribution in [1.29, 1.82) is 0 Å². The van der Waals surface area contributed by atoms with E-state index in [9.17, 15) is 4.57 Å². The normalized spacial score (nSPS) is 15.6. The SMILES string of the molecule is COCCOCCOP(=O)(O)OC. The minimum Gasteiger partial charge on any atom is -0.382 e. The van der Waals surface area contributed by atoms with Gasteiger partial charge in [-0.15, -0.1) is 0 Å². The predicted octanol–water partition coefficient (Wildman–Crippen LogP) is 0.413. The lowest BCUT2D eigenvalue weighted by Crippen LogP contribution is -2.07. The number of phosphoric acid groups is 1. The van der Waals surface area contributed by atoms with Gasteiger partial charge < -0.3 is 14.4 Å². The number of methoxy groups -OCH3 is 1. The van der Waals surface area contributed by atoms with Crippen LogP contribution < -0.4 is 0 Å². The number of phosphoric ester groups is 1. The summed E-state index contributed by atoms with van der Waals surface area (Å²) in [6.45, 7) is 1.17. The Labute approximate surface area is 77.4 Å². The van der Waals surface area contributed by atoms with Gasteiger partial charge in [0.05, 0.1) is 26.4 Å². The Morgan fingerprint density at radius 3 is 2.31 bits per heavy atom. The highest BCUT2D eigenvalue weighted by Crippen LogP contribution is 2.41. The molecule has 7 heteroatoms. The smallest absolute Gasteiger partial charge is 0.382 e. The molecular formula is C6H15O6P. The zero-order valence-electron chi connectivity index (χ0n) is 7.76. The third kappa shape index (κ3) is 8.36. The van der Waals surface area contributed by atoms with Gasteiger partial charge in [0, 0.05) is 14.2 Å². The van der Waals surface area contributed by atoms with E-state index in [0.29, 0.717) is 13.2 Å². The summed E-state index contributed by atoms with van der Waals surface area (Å²) < 4.78 is 29.1. The van der Waals surface area contributed by atoms with Gasteiger partial charge in [-0.1, -0.05) is 0 Å². The molecule has 0 aromatic heterocycles. The van der Waals surface area contributed by atoms with E-state index in [4.69, 9.17) is 14.4 Å². The molecule has 0 aromatic rings. The van der Waals surface area contributed by atoms with E-state index in [1.54, 1.807) is 7.11 Å². The maximum Gasteiger partial charge on any atom is 0.471 e. The average molecular weight is 214 g/mol. The van der Waals surface area contributed by atoms with E-state index in [2.05, 4.69) is 9.05 Å². The summed E-state index contributed by atoms with van der Waals surface area (Å²) in [5.41, 5.74) is 0. The van der Waals surface area contributed by atoms with Crippen LogP contribution in [0.4, 0.5) is 0 Å². The lowest BCUT2D eigenvalue weighted by Gasteiger charge is -2.08. The molecule has 0 aliphatic carbocycles. The number of hydrogen-bond acceptors (Lipinski definition) is 5. The molecule has 0 bridgehead atoms. The molecule has 0 saturated carbocycles. The van der Waals surface area contributed by atoms with Gasteiger partial charge in [-0.2, -0.15) is 0 Å². The number of hydrogen-bond donors (Lipinski definition) is 1. The predicted molar refractivity (Wildman–Crippen MR) is 45.5 cm³/mol. The summed E-state index contributed by atoms with van der Waals surface area (Å²) in [7, 11) is -1.17. The van der Waals surface area contributed by atoms with Crippen LogP contribution in [0.3, 0.4) is 0 Å². The Kier molecular flexibility index (Phi) is 7.45. The Balaban J connectivity index is 3.21. The molecule has 0 spiro atoms. The molecule has 0 aliphatic rings.